The Labute approximate surface area is 401 Å². The van der Waals surface area contributed by atoms with Crippen molar-refractivity contribution in [3.8, 4) is 0 Å². The van der Waals surface area contributed by atoms with E-state index in [-0.39, 0.29) is 19.6 Å². The van der Waals surface area contributed by atoms with E-state index in [1.54, 1.807) is 0 Å². The zero-order chi connectivity index (χ0) is 48.2. The van der Waals surface area contributed by atoms with Crippen molar-refractivity contribution in [2.45, 2.75) is 230 Å². The Morgan fingerprint density at radius 2 is 1.05 bits per heavy atom. The fourth-order valence-corrected chi connectivity index (χ4v) is 7.97. The molecule has 1 saturated heterocycles. The molecule has 6 atom stereocenters. The maximum absolute atomic E-state index is 12.9. The molecule has 0 bridgehead atoms. The Morgan fingerprint density at radius 1 is 0.591 bits per heavy atom. The van der Waals surface area contributed by atoms with Crippen LogP contribution in [0.2, 0.25) is 0 Å². The summed E-state index contributed by atoms with van der Waals surface area (Å²) in [5.41, 5.74) is 0. The van der Waals surface area contributed by atoms with E-state index < -0.39 is 59.8 Å². The van der Waals surface area contributed by atoms with E-state index in [2.05, 4.69) is 90.9 Å². The van der Waals surface area contributed by atoms with Crippen LogP contribution in [0.5, 0.6) is 0 Å². The van der Waals surface area contributed by atoms with Gasteiger partial charge < -0.3 is 34.3 Å². The molecular formula is C53H92O12S. The maximum atomic E-state index is 12.9. The molecule has 66 heavy (non-hydrogen) atoms. The van der Waals surface area contributed by atoms with Gasteiger partial charge >= 0.3 is 16.4 Å². The lowest BCUT2D eigenvalue weighted by atomic mass is 9.99. The lowest BCUT2D eigenvalue weighted by Gasteiger charge is -2.41. The molecule has 0 radical (unpaired) electrons. The summed E-state index contributed by atoms with van der Waals surface area (Å²) in [6.07, 6.45) is 47.9. The Morgan fingerprint density at radius 3 is 1.53 bits per heavy atom. The summed E-state index contributed by atoms with van der Waals surface area (Å²) in [6.45, 7) is 3.83. The Bertz CT molecular complexity index is 1420. The lowest BCUT2D eigenvalue weighted by Crippen LogP contribution is -2.60. The number of aliphatic hydroxyl groups excluding tert-OH is 3. The first-order valence-corrected chi connectivity index (χ1v) is 27.1. The summed E-state index contributed by atoms with van der Waals surface area (Å²) >= 11 is 0. The molecule has 0 aromatic carbocycles. The van der Waals surface area contributed by atoms with Crippen LogP contribution >= 0.6 is 0 Å². The van der Waals surface area contributed by atoms with Crippen LogP contribution in [-0.4, -0.2) is 97.5 Å². The van der Waals surface area contributed by atoms with Crippen LogP contribution in [0.1, 0.15) is 194 Å². The van der Waals surface area contributed by atoms with E-state index in [0.717, 1.165) is 96.3 Å². The molecule has 0 saturated carbocycles. The minimum Gasteiger partial charge on any atom is -0.457 e. The number of ether oxygens (including phenoxy) is 4. The highest BCUT2D eigenvalue weighted by atomic mass is 32.3. The van der Waals surface area contributed by atoms with Gasteiger partial charge in [0.05, 0.1) is 19.8 Å². The third-order valence-electron chi connectivity index (χ3n) is 11.3. The van der Waals surface area contributed by atoms with Gasteiger partial charge in [0.1, 0.15) is 30.5 Å². The molecule has 1 aliphatic heterocycles. The largest absolute Gasteiger partial charge is 0.457 e. The third-order valence-corrected chi connectivity index (χ3v) is 11.8. The van der Waals surface area contributed by atoms with E-state index in [0.29, 0.717) is 13.0 Å². The van der Waals surface area contributed by atoms with Crippen LogP contribution in [-0.2, 0) is 38.3 Å². The van der Waals surface area contributed by atoms with Crippen molar-refractivity contribution < 1.29 is 56.2 Å². The Kier molecular flexibility index (Phi) is 40.8. The predicted molar refractivity (Wildman–Crippen MR) is 266 cm³/mol. The van der Waals surface area contributed by atoms with Crippen LogP contribution in [0.3, 0.4) is 0 Å². The first-order chi connectivity index (χ1) is 32.1. The fourth-order valence-electron chi connectivity index (χ4n) is 7.46. The van der Waals surface area contributed by atoms with E-state index in [4.69, 9.17) is 18.9 Å². The molecule has 0 aliphatic carbocycles. The van der Waals surface area contributed by atoms with Crippen LogP contribution in [0.15, 0.2) is 72.9 Å². The molecule has 1 rings (SSSR count). The zero-order valence-corrected chi connectivity index (χ0v) is 41.8. The Balaban J connectivity index is 2.34. The maximum Gasteiger partial charge on any atom is 0.397 e. The number of carbonyl (C=O) groups excluding carboxylic acids is 1. The van der Waals surface area contributed by atoms with Crippen LogP contribution < -0.4 is 0 Å². The van der Waals surface area contributed by atoms with Gasteiger partial charge in [-0.3, -0.25) is 9.35 Å². The minimum absolute atomic E-state index is 0.0250. The smallest absolute Gasteiger partial charge is 0.397 e. The van der Waals surface area contributed by atoms with Crippen LogP contribution in [0, 0.1) is 0 Å². The number of unbranched alkanes of at least 4 members (excludes halogenated alkanes) is 19. The number of rotatable bonds is 44. The summed E-state index contributed by atoms with van der Waals surface area (Å²) in [5.74, 6) is -0.416. The number of allylic oxidation sites excluding steroid dienone is 12. The molecule has 4 N–H and O–H groups in total. The van der Waals surface area contributed by atoms with Gasteiger partial charge in [0.25, 0.3) is 0 Å². The normalized spacial score (nSPS) is 20.1. The van der Waals surface area contributed by atoms with Gasteiger partial charge in [0, 0.05) is 13.0 Å². The monoisotopic (exact) mass is 953 g/mol. The number of esters is 1. The molecular weight excluding hydrogens is 861 g/mol. The van der Waals surface area contributed by atoms with Crippen molar-refractivity contribution in [3.63, 3.8) is 0 Å². The first kappa shape index (κ1) is 61.6. The standard InChI is InChI=1S/C53H92O12S/c1-3-5-7-9-11-13-15-17-19-20-21-22-23-24-25-26-27-29-31-33-35-37-39-41-43-61-45-47(46-62-53-51(57)52(65-66(58,59)60)50(56)48(44-54)64-53)63-49(55)42-40-38-36-34-32-30-28-18-16-14-12-10-8-6-4-2/h5,7,11-14,17-19,21-22,28,47-48,50-54,56-57H,3-4,6,8-10,15-16,20,23-27,29-46H2,1-2H3,(H,58,59,60)/b7-5-,13-11-,14-12-,19-17-,22-21-,28-18-. The molecule has 1 aliphatic rings. The summed E-state index contributed by atoms with van der Waals surface area (Å²) in [7, 11) is -5.07. The average molecular weight is 953 g/mol. The molecule has 0 aromatic heterocycles. The molecule has 1 heterocycles. The molecule has 6 unspecified atom stereocenters. The highest BCUT2D eigenvalue weighted by Crippen LogP contribution is 2.26. The predicted octanol–water partition coefficient (Wildman–Crippen LogP) is 11.9. The summed E-state index contributed by atoms with van der Waals surface area (Å²) < 4.78 is 59.2. The topological polar surface area (TPSA) is 178 Å². The SMILES string of the molecule is CC/C=C\C/C=C\C/C=C\C/C=C\CCCCCCCCCCCCCOCC(COC1OC(CO)C(O)C(OS(=O)(=O)O)C1O)OC(=O)CCCCCCC/C=C\C/C=C\CCCCC. The fraction of sp³-hybridized carbons (Fsp3) is 0.755. The summed E-state index contributed by atoms with van der Waals surface area (Å²) in [4.78, 5) is 12.9. The third kappa shape index (κ3) is 36.6. The highest BCUT2D eigenvalue weighted by Gasteiger charge is 2.48. The molecule has 0 aromatic rings. The summed E-state index contributed by atoms with van der Waals surface area (Å²) in [6, 6.07) is 0. The molecule has 0 amide bonds. The molecule has 0 spiro atoms. The second kappa shape index (κ2) is 43.8. The number of carbonyl (C=O) groups is 1. The van der Waals surface area contributed by atoms with E-state index in [9.17, 15) is 33.1 Å². The van der Waals surface area contributed by atoms with Gasteiger partial charge in [0.2, 0.25) is 0 Å². The van der Waals surface area contributed by atoms with Gasteiger partial charge in [-0.2, -0.15) is 8.42 Å². The van der Waals surface area contributed by atoms with Crippen molar-refractivity contribution in [3.05, 3.63) is 72.9 Å². The second-order valence-electron chi connectivity index (χ2n) is 17.4. The van der Waals surface area contributed by atoms with Gasteiger partial charge in [-0.25, -0.2) is 4.18 Å². The van der Waals surface area contributed by atoms with Crippen molar-refractivity contribution in [2.24, 2.45) is 0 Å². The van der Waals surface area contributed by atoms with E-state index >= 15 is 0 Å². The summed E-state index contributed by atoms with van der Waals surface area (Å²) in [5, 5.41) is 30.7. The quantitative estimate of drug-likeness (QED) is 0.0197. The second-order valence-corrected chi connectivity index (χ2v) is 18.4. The number of hydrogen-bond donors (Lipinski definition) is 4. The molecule has 13 heteroatoms. The number of hydrogen-bond acceptors (Lipinski definition) is 11. The highest BCUT2D eigenvalue weighted by molar-refractivity contribution is 7.80. The number of aliphatic hydroxyl groups is 3. The van der Waals surface area contributed by atoms with Gasteiger partial charge in [-0.1, -0.05) is 177 Å². The van der Waals surface area contributed by atoms with Crippen molar-refractivity contribution in [2.75, 3.05) is 26.4 Å². The van der Waals surface area contributed by atoms with Crippen molar-refractivity contribution >= 4 is 16.4 Å². The van der Waals surface area contributed by atoms with Crippen LogP contribution in [0.25, 0.3) is 0 Å². The lowest BCUT2D eigenvalue weighted by molar-refractivity contribution is -0.301. The van der Waals surface area contributed by atoms with Crippen LogP contribution in [0.4, 0.5) is 0 Å². The zero-order valence-electron chi connectivity index (χ0n) is 41.0. The molecule has 12 nitrogen and oxygen atoms in total. The Hall–Kier alpha value is -2.46. The van der Waals surface area contributed by atoms with E-state index in [1.807, 2.05) is 0 Å². The van der Waals surface area contributed by atoms with Crippen molar-refractivity contribution in [1.82, 2.24) is 0 Å². The molecule has 1 fully saturated rings. The first-order valence-electron chi connectivity index (χ1n) is 25.7. The van der Waals surface area contributed by atoms with E-state index in [1.165, 1.54) is 70.6 Å². The van der Waals surface area contributed by atoms with Gasteiger partial charge in [0.15, 0.2) is 6.29 Å². The average Bonchev–Trinajstić information content (AvgIpc) is 3.29. The molecule has 382 valence electrons. The van der Waals surface area contributed by atoms with Gasteiger partial charge in [-0.05, 0) is 83.5 Å². The van der Waals surface area contributed by atoms with Gasteiger partial charge in [-0.15, -0.1) is 0 Å². The van der Waals surface area contributed by atoms with Crippen molar-refractivity contribution in [1.29, 1.82) is 0 Å². The minimum atomic E-state index is -5.07.